The third-order valence-corrected chi connectivity index (χ3v) is 3.06. The van der Waals surface area contributed by atoms with Gasteiger partial charge in [-0.2, -0.15) is 0 Å². The Morgan fingerprint density at radius 1 is 1.57 bits per heavy atom. The van der Waals surface area contributed by atoms with E-state index in [1.807, 2.05) is 18.2 Å². The summed E-state index contributed by atoms with van der Waals surface area (Å²) in [5, 5.41) is 0.761. The molecule has 76 valence electrons. The first-order valence-electron chi connectivity index (χ1n) is 4.88. The van der Waals surface area contributed by atoms with Crippen molar-refractivity contribution in [2.45, 2.75) is 32.1 Å². The molecule has 0 aromatic heterocycles. The molecule has 2 atom stereocenters. The first-order chi connectivity index (χ1) is 6.74. The third kappa shape index (κ3) is 1.54. The van der Waals surface area contributed by atoms with Crippen molar-refractivity contribution in [1.29, 1.82) is 0 Å². The number of ether oxygens (including phenoxy) is 1. The predicted octanol–water partition coefficient (Wildman–Crippen LogP) is 2.65. The second-order valence-electron chi connectivity index (χ2n) is 3.60. The van der Waals surface area contributed by atoms with E-state index in [1.165, 1.54) is 0 Å². The summed E-state index contributed by atoms with van der Waals surface area (Å²) in [6.07, 6.45) is 1.02. The molecule has 2 rings (SSSR count). The first-order valence-corrected chi connectivity index (χ1v) is 5.26. The molecule has 0 saturated heterocycles. The average Bonchev–Trinajstić information content (AvgIpc) is 2.18. The lowest BCUT2D eigenvalue weighted by Gasteiger charge is -2.31. The molecule has 1 aromatic carbocycles. The van der Waals surface area contributed by atoms with Crippen molar-refractivity contribution in [3.63, 3.8) is 0 Å². The van der Waals surface area contributed by atoms with E-state index in [9.17, 15) is 0 Å². The molecule has 0 amide bonds. The van der Waals surface area contributed by atoms with Gasteiger partial charge in [-0.3, -0.25) is 0 Å². The number of benzene rings is 1. The summed E-state index contributed by atoms with van der Waals surface area (Å²) < 4.78 is 5.64. The van der Waals surface area contributed by atoms with Gasteiger partial charge in [0.15, 0.2) is 0 Å². The van der Waals surface area contributed by atoms with E-state index in [1.54, 1.807) is 0 Å². The summed E-state index contributed by atoms with van der Waals surface area (Å²) in [7, 11) is 0. The summed E-state index contributed by atoms with van der Waals surface area (Å²) in [6, 6.07) is 5.76. The molecule has 1 aliphatic rings. The molecule has 2 nitrogen and oxygen atoms in total. The lowest BCUT2D eigenvalue weighted by atomic mass is 9.93. The minimum Gasteiger partial charge on any atom is -0.372 e. The van der Waals surface area contributed by atoms with Crippen molar-refractivity contribution in [2.75, 3.05) is 0 Å². The Kier molecular flexibility index (Phi) is 2.77. The molecule has 0 radical (unpaired) electrons. The molecule has 2 N–H and O–H groups in total. The summed E-state index contributed by atoms with van der Waals surface area (Å²) in [5.74, 6) is 0. The molecule has 1 aliphatic heterocycles. The van der Waals surface area contributed by atoms with Gasteiger partial charge in [-0.05, 0) is 23.6 Å². The zero-order chi connectivity index (χ0) is 10.1. The van der Waals surface area contributed by atoms with E-state index >= 15 is 0 Å². The number of hydrogen-bond acceptors (Lipinski definition) is 2. The molecular weight excluding hydrogens is 198 g/mol. The van der Waals surface area contributed by atoms with Gasteiger partial charge in [0.1, 0.15) is 0 Å². The lowest BCUT2D eigenvalue weighted by Crippen LogP contribution is -2.33. The Labute approximate surface area is 89.0 Å². The maximum atomic E-state index is 6.12. The molecule has 0 spiro atoms. The van der Waals surface area contributed by atoms with E-state index in [2.05, 4.69) is 6.92 Å². The number of halogens is 1. The van der Waals surface area contributed by atoms with Gasteiger partial charge < -0.3 is 10.5 Å². The van der Waals surface area contributed by atoms with Crippen molar-refractivity contribution >= 4 is 11.6 Å². The van der Waals surface area contributed by atoms with Crippen molar-refractivity contribution in [1.82, 2.24) is 0 Å². The van der Waals surface area contributed by atoms with Gasteiger partial charge in [-0.15, -0.1) is 0 Å². The Morgan fingerprint density at radius 3 is 3.07 bits per heavy atom. The fraction of sp³-hybridized carbons (Fsp3) is 0.455. The molecule has 0 aliphatic carbocycles. The average molecular weight is 212 g/mol. The summed E-state index contributed by atoms with van der Waals surface area (Å²) in [6.45, 7) is 2.70. The van der Waals surface area contributed by atoms with E-state index < -0.39 is 0 Å². The van der Waals surface area contributed by atoms with Crippen LogP contribution >= 0.6 is 11.6 Å². The Balaban J connectivity index is 2.43. The maximum Gasteiger partial charge on any atom is 0.0770 e. The highest BCUT2D eigenvalue weighted by molar-refractivity contribution is 6.31. The first kappa shape index (κ1) is 9.97. The smallest absolute Gasteiger partial charge is 0.0770 e. The van der Waals surface area contributed by atoms with Gasteiger partial charge in [0.05, 0.1) is 18.8 Å². The van der Waals surface area contributed by atoms with Crippen LogP contribution in [0.15, 0.2) is 18.2 Å². The Morgan fingerprint density at radius 2 is 2.36 bits per heavy atom. The lowest BCUT2D eigenvalue weighted by molar-refractivity contribution is 0.00684. The zero-order valence-electron chi connectivity index (χ0n) is 8.16. The van der Waals surface area contributed by atoms with Gasteiger partial charge >= 0.3 is 0 Å². The molecule has 1 aromatic rings. The van der Waals surface area contributed by atoms with Crippen molar-refractivity contribution in [3.8, 4) is 0 Å². The monoisotopic (exact) mass is 211 g/mol. The van der Waals surface area contributed by atoms with Gasteiger partial charge in [0.25, 0.3) is 0 Å². The van der Waals surface area contributed by atoms with Crippen LogP contribution in [0.4, 0.5) is 0 Å². The second-order valence-corrected chi connectivity index (χ2v) is 4.00. The Hall–Kier alpha value is -0.570. The summed E-state index contributed by atoms with van der Waals surface area (Å²) in [5.41, 5.74) is 8.27. The van der Waals surface area contributed by atoms with Crippen LogP contribution in [-0.4, -0.2) is 6.10 Å². The standard InChI is InChI=1S/C11H14ClNO/c1-2-9-11(13)10-7(6-14-9)4-3-5-8(10)12/h3-5,9,11H,2,6,13H2,1H3/t9?,11-/m1/s1. The maximum absolute atomic E-state index is 6.12. The molecule has 0 bridgehead atoms. The van der Waals surface area contributed by atoms with Crippen LogP contribution in [-0.2, 0) is 11.3 Å². The molecule has 1 unspecified atom stereocenters. The fourth-order valence-electron chi connectivity index (χ4n) is 1.94. The number of hydrogen-bond donors (Lipinski definition) is 1. The van der Waals surface area contributed by atoms with Crippen LogP contribution in [0.5, 0.6) is 0 Å². The van der Waals surface area contributed by atoms with Gasteiger partial charge in [-0.1, -0.05) is 30.7 Å². The number of rotatable bonds is 1. The quantitative estimate of drug-likeness (QED) is 0.775. The van der Waals surface area contributed by atoms with Gasteiger partial charge in [-0.25, -0.2) is 0 Å². The summed E-state index contributed by atoms with van der Waals surface area (Å²) in [4.78, 5) is 0. The molecule has 0 saturated carbocycles. The normalized spacial score (nSPS) is 25.9. The van der Waals surface area contributed by atoms with Crippen LogP contribution in [0.2, 0.25) is 5.02 Å². The second kappa shape index (κ2) is 3.89. The van der Waals surface area contributed by atoms with E-state index in [0.29, 0.717) is 6.61 Å². The zero-order valence-corrected chi connectivity index (χ0v) is 8.92. The molecule has 14 heavy (non-hydrogen) atoms. The highest BCUT2D eigenvalue weighted by Crippen LogP contribution is 2.34. The van der Waals surface area contributed by atoms with Crippen LogP contribution in [0, 0.1) is 0 Å². The Bertz CT molecular complexity index is 340. The molecular formula is C11H14ClNO. The highest BCUT2D eigenvalue weighted by atomic mass is 35.5. The van der Waals surface area contributed by atoms with Crippen molar-refractivity contribution < 1.29 is 4.74 Å². The number of nitrogens with two attached hydrogens (primary N) is 1. The van der Waals surface area contributed by atoms with Crippen LogP contribution in [0.1, 0.15) is 30.5 Å². The third-order valence-electron chi connectivity index (χ3n) is 2.73. The minimum absolute atomic E-state index is 0.0857. The van der Waals surface area contributed by atoms with Crippen LogP contribution in [0.3, 0.4) is 0 Å². The van der Waals surface area contributed by atoms with Crippen LogP contribution < -0.4 is 5.73 Å². The molecule has 0 fully saturated rings. The SMILES string of the molecule is CCC1OCc2cccc(Cl)c2[C@@H]1N. The van der Waals surface area contributed by atoms with Crippen molar-refractivity contribution in [3.05, 3.63) is 34.3 Å². The fourth-order valence-corrected chi connectivity index (χ4v) is 2.26. The topological polar surface area (TPSA) is 35.2 Å². The highest BCUT2D eigenvalue weighted by Gasteiger charge is 2.27. The van der Waals surface area contributed by atoms with Crippen LogP contribution in [0.25, 0.3) is 0 Å². The van der Waals surface area contributed by atoms with Crippen molar-refractivity contribution in [2.24, 2.45) is 5.73 Å². The van der Waals surface area contributed by atoms with E-state index in [4.69, 9.17) is 22.1 Å². The minimum atomic E-state index is -0.0857. The largest absolute Gasteiger partial charge is 0.372 e. The van der Waals surface area contributed by atoms with Gasteiger partial charge in [0.2, 0.25) is 0 Å². The van der Waals surface area contributed by atoms with Gasteiger partial charge in [0, 0.05) is 5.02 Å². The van der Waals surface area contributed by atoms with E-state index in [0.717, 1.165) is 22.6 Å². The molecule has 3 heteroatoms. The predicted molar refractivity (Wildman–Crippen MR) is 57.2 cm³/mol. The molecule has 1 heterocycles. The number of fused-ring (bicyclic) bond motifs is 1. The summed E-state index contributed by atoms with van der Waals surface area (Å²) >= 11 is 6.12. The van der Waals surface area contributed by atoms with E-state index in [-0.39, 0.29) is 12.1 Å².